The smallest absolute Gasteiger partial charge is 0.295 e. The number of carbonyl (C=O) groups excluding carboxylic acids is 2. The third-order valence-electron chi connectivity index (χ3n) is 6.79. The molecule has 1 fully saturated rings. The summed E-state index contributed by atoms with van der Waals surface area (Å²) in [5.74, 6) is 0.263. The van der Waals surface area contributed by atoms with Gasteiger partial charge in [-0.3, -0.25) is 9.59 Å². The van der Waals surface area contributed by atoms with E-state index in [0.717, 1.165) is 16.9 Å². The van der Waals surface area contributed by atoms with E-state index >= 15 is 0 Å². The Hall–Kier alpha value is -4.26. The first-order valence-electron chi connectivity index (χ1n) is 12.9. The Morgan fingerprint density at radius 1 is 0.974 bits per heavy atom. The quantitative estimate of drug-likeness (QED) is 0.246. The fourth-order valence-corrected chi connectivity index (χ4v) is 5.13. The molecule has 0 spiro atoms. The van der Waals surface area contributed by atoms with Gasteiger partial charge in [-0.2, -0.15) is 0 Å². The van der Waals surface area contributed by atoms with E-state index in [4.69, 9.17) is 14.2 Å². The van der Waals surface area contributed by atoms with Crippen LogP contribution < -0.4 is 14.2 Å². The Morgan fingerprint density at radius 2 is 1.71 bits per heavy atom. The second kappa shape index (κ2) is 10.6. The molecule has 196 valence electrons. The number of nitrogens with zero attached hydrogens (tertiary/aromatic N) is 1. The lowest BCUT2D eigenvalue weighted by molar-refractivity contribution is -0.140. The van der Waals surface area contributed by atoms with Gasteiger partial charge in [-0.15, -0.1) is 0 Å². The zero-order valence-corrected chi connectivity index (χ0v) is 21.8. The van der Waals surface area contributed by atoms with Crippen molar-refractivity contribution in [2.45, 2.75) is 45.9 Å². The minimum atomic E-state index is -0.812. The molecule has 5 rings (SSSR count). The first-order chi connectivity index (χ1) is 18.4. The summed E-state index contributed by atoms with van der Waals surface area (Å²) in [6.45, 7) is 6.84. The SMILES string of the molecule is CCOc1ccc([C@H]2/C(=C(\O)c3ccc4c(c3)C[C@@H](C)O4)C(=O)C(=O)N2Cc2ccccc2)cc1OCC. The molecule has 7 heteroatoms. The van der Waals surface area contributed by atoms with E-state index in [2.05, 4.69) is 0 Å². The van der Waals surface area contributed by atoms with E-state index in [1.807, 2.05) is 63.2 Å². The van der Waals surface area contributed by atoms with Crippen molar-refractivity contribution in [2.75, 3.05) is 13.2 Å². The minimum absolute atomic E-state index is 0.0414. The number of ether oxygens (including phenoxy) is 3. The van der Waals surface area contributed by atoms with Gasteiger partial charge in [0.1, 0.15) is 17.6 Å². The molecule has 2 aliphatic rings. The molecule has 0 unspecified atom stereocenters. The van der Waals surface area contributed by atoms with Crippen molar-refractivity contribution < 1.29 is 28.9 Å². The van der Waals surface area contributed by atoms with Crippen LogP contribution in [0.2, 0.25) is 0 Å². The van der Waals surface area contributed by atoms with Crippen LogP contribution in [-0.2, 0) is 22.6 Å². The summed E-state index contributed by atoms with van der Waals surface area (Å²) in [6, 6.07) is 19.4. The third-order valence-corrected chi connectivity index (χ3v) is 6.79. The van der Waals surface area contributed by atoms with Gasteiger partial charge in [0.15, 0.2) is 11.5 Å². The van der Waals surface area contributed by atoms with Crippen LogP contribution >= 0.6 is 0 Å². The molecule has 1 saturated heterocycles. The number of rotatable bonds is 8. The largest absolute Gasteiger partial charge is 0.507 e. The Balaban J connectivity index is 1.65. The molecular formula is C31H31NO6. The van der Waals surface area contributed by atoms with E-state index in [-0.39, 0.29) is 24.0 Å². The maximum atomic E-state index is 13.5. The van der Waals surface area contributed by atoms with Crippen LogP contribution in [0.15, 0.2) is 72.3 Å². The average Bonchev–Trinajstić information content (AvgIpc) is 3.41. The van der Waals surface area contributed by atoms with Gasteiger partial charge in [-0.05, 0) is 67.8 Å². The van der Waals surface area contributed by atoms with Crippen LogP contribution in [0.25, 0.3) is 5.76 Å². The van der Waals surface area contributed by atoms with Crippen molar-refractivity contribution in [1.82, 2.24) is 4.90 Å². The zero-order valence-electron chi connectivity index (χ0n) is 21.8. The second-order valence-electron chi connectivity index (χ2n) is 9.44. The molecular weight excluding hydrogens is 482 g/mol. The van der Waals surface area contributed by atoms with Crippen molar-refractivity contribution in [2.24, 2.45) is 0 Å². The lowest BCUT2D eigenvalue weighted by atomic mass is 9.94. The zero-order chi connectivity index (χ0) is 26.8. The lowest BCUT2D eigenvalue weighted by Crippen LogP contribution is -2.29. The van der Waals surface area contributed by atoms with Gasteiger partial charge in [-0.25, -0.2) is 0 Å². The summed E-state index contributed by atoms with van der Waals surface area (Å²) in [4.78, 5) is 28.4. The summed E-state index contributed by atoms with van der Waals surface area (Å²) in [5.41, 5.74) is 2.99. The number of Topliss-reactive ketones (excluding diaryl/α,β-unsaturated/α-hetero) is 1. The van der Waals surface area contributed by atoms with Crippen molar-refractivity contribution >= 4 is 17.4 Å². The Bertz CT molecular complexity index is 1400. The molecule has 0 bridgehead atoms. The first kappa shape index (κ1) is 25.4. The van der Waals surface area contributed by atoms with Gasteiger partial charge in [0.25, 0.3) is 11.7 Å². The van der Waals surface area contributed by atoms with Crippen LogP contribution in [0.1, 0.15) is 49.1 Å². The number of ketones is 1. The average molecular weight is 514 g/mol. The number of benzene rings is 3. The molecule has 1 amide bonds. The Kier molecular flexibility index (Phi) is 7.09. The summed E-state index contributed by atoms with van der Waals surface area (Å²) < 4.78 is 17.3. The molecule has 38 heavy (non-hydrogen) atoms. The summed E-state index contributed by atoms with van der Waals surface area (Å²) in [5, 5.41) is 11.5. The predicted octanol–water partition coefficient (Wildman–Crippen LogP) is 5.43. The summed E-state index contributed by atoms with van der Waals surface area (Å²) in [7, 11) is 0. The summed E-state index contributed by atoms with van der Waals surface area (Å²) in [6.07, 6.45) is 0.749. The maximum Gasteiger partial charge on any atom is 0.295 e. The number of likely N-dealkylation sites (tertiary alicyclic amines) is 1. The first-order valence-corrected chi connectivity index (χ1v) is 12.9. The van der Waals surface area contributed by atoms with Crippen molar-refractivity contribution in [1.29, 1.82) is 0 Å². The van der Waals surface area contributed by atoms with Gasteiger partial charge in [0.2, 0.25) is 0 Å². The third kappa shape index (κ3) is 4.72. The van der Waals surface area contributed by atoms with Crippen LogP contribution in [0.4, 0.5) is 0 Å². The lowest BCUT2D eigenvalue weighted by Gasteiger charge is -2.26. The highest BCUT2D eigenvalue weighted by Gasteiger charge is 2.46. The molecule has 0 aliphatic carbocycles. The molecule has 0 radical (unpaired) electrons. The molecule has 0 saturated carbocycles. The highest BCUT2D eigenvalue weighted by molar-refractivity contribution is 6.46. The normalized spacial score (nSPS) is 19.8. The van der Waals surface area contributed by atoms with Crippen LogP contribution in [0.3, 0.4) is 0 Å². The molecule has 1 N–H and O–H groups in total. The van der Waals surface area contributed by atoms with Gasteiger partial charge < -0.3 is 24.2 Å². The van der Waals surface area contributed by atoms with E-state index in [9.17, 15) is 14.7 Å². The highest BCUT2D eigenvalue weighted by Crippen LogP contribution is 2.43. The molecule has 2 atom stereocenters. The van der Waals surface area contributed by atoms with Gasteiger partial charge >= 0.3 is 0 Å². The topological polar surface area (TPSA) is 85.3 Å². The molecule has 0 aromatic heterocycles. The van der Waals surface area contributed by atoms with E-state index in [0.29, 0.717) is 42.3 Å². The molecule has 2 aliphatic heterocycles. The Morgan fingerprint density at radius 3 is 2.45 bits per heavy atom. The van der Waals surface area contributed by atoms with E-state index in [1.165, 1.54) is 4.90 Å². The van der Waals surface area contributed by atoms with Crippen molar-refractivity contribution in [3.8, 4) is 17.2 Å². The number of carbonyl (C=O) groups is 2. The molecule has 3 aromatic rings. The maximum absolute atomic E-state index is 13.5. The predicted molar refractivity (Wildman–Crippen MR) is 143 cm³/mol. The molecule has 3 aromatic carbocycles. The van der Waals surface area contributed by atoms with E-state index in [1.54, 1.807) is 24.3 Å². The van der Waals surface area contributed by atoms with Gasteiger partial charge in [0.05, 0.1) is 24.8 Å². The fraction of sp³-hybridized carbons (Fsp3) is 0.290. The number of hydrogen-bond donors (Lipinski definition) is 1. The van der Waals surface area contributed by atoms with Gasteiger partial charge in [-0.1, -0.05) is 36.4 Å². The number of amides is 1. The number of aliphatic hydroxyl groups excluding tert-OH is 1. The fourth-order valence-electron chi connectivity index (χ4n) is 5.13. The van der Waals surface area contributed by atoms with Crippen molar-refractivity contribution in [3.05, 3.63) is 94.6 Å². The summed E-state index contributed by atoms with van der Waals surface area (Å²) >= 11 is 0. The standard InChI is InChI=1S/C31H31NO6/c1-4-36-25-14-11-21(17-26(25)37-5-2)28-27(29(33)22-12-13-24-23(16-22)15-19(3)38-24)30(34)31(35)32(28)18-20-9-7-6-8-10-20/h6-14,16-17,19,28,33H,4-5,15,18H2,1-3H3/b29-27+/t19-,28+/m1/s1. The minimum Gasteiger partial charge on any atom is -0.507 e. The second-order valence-corrected chi connectivity index (χ2v) is 9.44. The number of hydrogen-bond acceptors (Lipinski definition) is 6. The van der Waals surface area contributed by atoms with Crippen LogP contribution in [0.5, 0.6) is 17.2 Å². The highest BCUT2D eigenvalue weighted by atomic mass is 16.5. The van der Waals surface area contributed by atoms with Crippen LogP contribution in [0, 0.1) is 0 Å². The van der Waals surface area contributed by atoms with Crippen LogP contribution in [-0.4, -0.2) is 41.0 Å². The Labute approximate surface area is 222 Å². The number of aliphatic hydroxyl groups is 1. The number of fused-ring (bicyclic) bond motifs is 1. The van der Waals surface area contributed by atoms with Gasteiger partial charge in [0, 0.05) is 18.5 Å². The van der Waals surface area contributed by atoms with E-state index < -0.39 is 17.7 Å². The molecule has 2 heterocycles. The van der Waals surface area contributed by atoms with Crippen molar-refractivity contribution in [3.63, 3.8) is 0 Å². The monoisotopic (exact) mass is 513 g/mol. The molecule has 7 nitrogen and oxygen atoms in total.